The highest BCUT2D eigenvalue weighted by atomic mass is 16.2. The van der Waals surface area contributed by atoms with Crippen molar-refractivity contribution in [1.29, 1.82) is 0 Å². The first-order valence-electron chi connectivity index (χ1n) is 7.60. The van der Waals surface area contributed by atoms with E-state index in [-0.39, 0.29) is 23.8 Å². The van der Waals surface area contributed by atoms with Crippen LogP contribution in [0.4, 0.5) is 0 Å². The second-order valence-electron chi connectivity index (χ2n) is 6.26. The van der Waals surface area contributed by atoms with Crippen LogP contribution < -0.4 is 5.32 Å². The SMILES string of the molecule is CC(C)c1ccc(C(=O)N2CCNC(=O)C2C(C)C)cc1. The number of nitrogens with zero attached hydrogens (tertiary/aromatic N) is 1. The van der Waals surface area contributed by atoms with Crippen molar-refractivity contribution < 1.29 is 9.59 Å². The molecule has 2 amide bonds. The largest absolute Gasteiger partial charge is 0.353 e. The third-order valence-electron chi connectivity index (χ3n) is 3.97. The normalized spacial score (nSPS) is 19.0. The summed E-state index contributed by atoms with van der Waals surface area (Å²) in [6.07, 6.45) is 0. The molecular formula is C17H24N2O2. The molecule has 4 heteroatoms. The van der Waals surface area contributed by atoms with Crippen molar-refractivity contribution in [1.82, 2.24) is 10.2 Å². The maximum atomic E-state index is 12.7. The highest BCUT2D eigenvalue weighted by Gasteiger charge is 2.35. The Morgan fingerprint density at radius 1 is 1.19 bits per heavy atom. The van der Waals surface area contributed by atoms with Gasteiger partial charge in [0, 0.05) is 18.7 Å². The summed E-state index contributed by atoms with van der Waals surface area (Å²) in [5, 5.41) is 2.84. The molecule has 114 valence electrons. The molecule has 0 spiro atoms. The van der Waals surface area contributed by atoms with Crippen LogP contribution in [0.15, 0.2) is 24.3 Å². The van der Waals surface area contributed by atoms with E-state index in [4.69, 9.17) is 0 Å². The predicted molar refractivity (Wildman–Crippen MR) is 83.2 cm³/mol. The van der Waals surface area contributed by atoms with Crippen molar-refractivity contribution in [3.8, 4) is 0 Å². The lowest BCUT2D eigenvalue weighted by molar-refractivity contribution is -0.129. The first-order valence-corrected chi connectivity index (χ1v) is 7.60. The summed E-state index contributed by atoms with van der Waals surface area (Å²) in [6.45, 7) is 9.29. The minimum absolute atomic E-state index is 0.0524. The molecule has 1 aromatic carbocycles. The van der Waals surface area contributed by atoms with Crippen molar-refractivity contribution in [2.24, 2.45) is 5.92 Å². The topological polar surface area (TPSA) is 49.4 Å². The van der Waals surface area contributed by atoms with E-state index in [9.17, 15) is 9.59 Å². The van der Waals surface area contributed by atoms with Crippen molar-refractivity contribution in [3.05, 3.63) is 35.4 Å². The fourth-order valence-electron chi connectivity index (χ4n) is 2.75. The van der Waals surface area contributed by atoms with E-state index in [1.165, 1.54) is 5.56 Å². The number of hydrogen-bond acceptors (Lipinski definition) is 2. The van der Waals surface area contributed by atoms with Gasteiger partial charge in [0.15, 0.2) is 0 Å². The summed E-state index contributed by atoms with van der Waals surface area (Å²) in [6, 6.07) is 7.33. The van der Waals surface area contributed by atoms with E-state index in [0.717, 1.165) is 0 Å². The fraction of sp³-hybridized carbons (Fsp3) is 0.529. The number of hydrogen-bond donors (Lipinski definition) is 1. The Morgan fingerprint density at radius 2 is 1.81 bits per heavy atom. The third-order valence-corrected chi connectivity index (χ3v) is 3.97. The Morgan fingerprint density at radius 3 is 2.33 bits per heavy atom. The van der Waals surface area contributed by atoms with Crippen LogP contribution in [0.25, 0.3) is 0 Å². The van der Waals surface area contributed by atoms with Crippen molar-refractivity contribution >= 4 is 11.8 Å². The Labute approximate surface area is 126 Å². The maximum absolute atomic E-state index is 12.7. The summed E-state index contributed by atoms with van der Waals surface area (Å²) >= 11 is 0. The van der Waals surface area contributed by atoms with E-state index < -0.39 is 0 Å². The minimum atomic E-state index is -0.379. The summed E-state index contributed by atoms with van der Waals surface area (Å²) < 4.78 is 0. The van der Waals surface area contributed by atoms with E-state index in [1.54, 1.807) is 4.90 Å². The van der Waals surface area contributed by atoms with Gasteiger partial charge in [0.05, 0.1) is 0 Å². The van der Waals surface area contributed by atoms with Crippen molar-refractivity contribution in [2.45, 2.75) is 39.7 Å². The van der Waals surface area contributed by atoms with Gasteiger partial charge in [-0.15, -0.1) is 0 Å². The van der Waals surface area contributed by atoms with Gasteiger partial charge in [-0.25, -0.2) is 0 Å². The number of benzene rings is 1. The Hall–Kier alpha value is -1.84. The van der Waals surface area contributed by atoms with Crippen LogP contribution in [0, 0.1) is 5.92 Å². The molecule has 1 aliphatic heterocycles. The van der Waals surface area contributed by atoms with Crippen molar-refractivity contribution in [2.75, 3.05) is 13.1 Å². The van der Waals surface area contributed by atoms with Crippen molar-refractivity contribution in [3.63, 3.8) is 0 Å². The van der Waals surface area contributed by atoms with Gasteiger partial charge in [-0.2, -0.15) is 0 Å². The molecule has 2 rings (SSSR count). The van der Waals surface area contributed by atoms with Gasteiger partial charge >= 0.3 is 0 Å². The van der Waals surface area contributed by atoms with E-state index >= 15 is 0 Å². The number of amides is 2. The van der Waals surface area contributed by atoms with Crippen LogP contribution in [0.5, 0.6) is 0 Å². The number of piperazine rings is 1. The standard InChI is InChI=1S/C17H24N2O2/c1-11(2)13-5-7-14(8-6-13)17(21)19-10-9-18-16(20)15(19)12(3)4/h5-8,11-12,15H,9-10H2,1-4H3,(H,18,20). The molecule has 0 bridgehead atoms. The van der Waals surface area contributed by atoms with Gasteiger partial charge in [0.2, 0.25) is 5.91 Å². The molecule has 0 saturated carbocycles. The average molecular weight is 288 g/mol. The van der Waals surface area contributed by atoms with Gasteiger partial charge in [0.1, 0.15) is 6.04 Å². The molecule has 1 aliphatic rings. The van der Waals surface area contributed by atoms with Crippen LogP contribution in [0.2, 0.25) is 0 Å². The molecule has 0 radical (unpaired) electrons. The zero-order valence-corrected chi connectivity index (χ0v) is 13.2. The molecule has 0 aromatic heterocycles. The number of rotatable bonds is 3. The van der Waals surface area contributed by atoms with Gasteiger partial charge in [-0.3, -0.25) is 9.59 Å². The lowest BCUT2D eigenvalue weighted by atomic mass is 9.97. The van der Waals surface area contributed by atoms with Crippen LogP contribution in [-0.2, 0) is 4.79 Å². The van der Waals surface area contributed by atoms with Gasteiger partial charge < -0.3 is 10.2 Å². The third kappa shape index (κ3) is 3.26. The molecule has 4 nitrogen and oxygen atoms in total. The molecular weight excluding hydrogens is 264 g/mol. The summed E-state index contributed by atoms with van der Waals surface area (Å²) in [5.74, 6) is 0.435. The quantitative estimate of drug-likeness (QED) is 0.928. The average Bonchev–Trinajstić information content (AvgIpc) is 2.46. The monoisotopic (exact) mass is 288 g/mol. The molecule has 21 heavy (non-hydrogen) atoms. The lowest BCUT2D eigenvalue weighted by Crippen LogP contribution is -2.59. The summed E-state index contributed by atoms with van der Waals surface area (Å²) in [5.41, 5.74) is 1.86. The molecule has 1 N–H and O–H groups in total. The minimum Gasteiger partial charge on any atom is -0.353 e. The van der Waals surface area contributed by atoms with Crippen LogP contribution >= 0.6 is 0 Å². The first-order chi connectivity index (χ1) is 9.91. The number of carbonyl (C=O) groups excluding carboxylic acids is 2. The fourth-order valence-corrected chi connectivity index (χ4v) is 2.75. The van der Waals surface area contributed by atoms with Crippen LogP contribution in [0.1, 0.15) is 49.5 Å². The number of carbonyl (C=O) groups is 2. The second-order valence-corrected chi connectivity index (χ2v) is 6.26. The van der Waals surface area contributed by atoms with Crippen LogP contribution in [0.3, 0.4) is 0 Å². The van der Waals surface area contributed by atoms with Gasteiger partial charge in [-0.1, -0.05) is 39.8 Å². The predicted octanol–water partition coefficient (Wildman–Crippen LogP) is 2.41. The van der Waals surface area contributed by atoms with Crippen LogP contribution in [-0.4, -0.2) is 35.8 Å². The molecule has 1 unspecified atom stereocenters. The summed E-state index contributed by atoms with van der Waals surface area (Å²) in [7, 11) is 0. The smallest absolute Gasteiger partial charge is 0.254 e. The first kappa shape index (κ1) is 15.5. The zero-order valence-electron chi connectivity index (χ0n) is 13.2. The molecule has 0 aliphatic carbocycles. The molecule has 1 fully saturated rings. The summed E-state index contributed by atoms with van der Waals surface area (Å²) in [4.78, 5) is 26.4. The molecule has 1 atom stereocenters. The van der Waals surface area contributed by atoms with E-state index in [1.807, 2.05) is 38.1 Å². The highest BCUT2D eigenvalue weighted by molar-refractivity contribution is 5.98. The number of nitrogens with one attached hydrogen (secondary N) is 1. The maximum Gasteiger partial charge on any atom is 0.254 e. The Balaban J connectivity index is 2.23. The lowest BCUT2D eigenvalue weighted by Gasteiger charge is -2.37. The van der Waals surface area contributed by atoms with E-state index in [2.05, 4.69) is 19.2 Å². The highest BCUT2D eigenvalue weighted by Crippen LogP contribution is 2.19. The van der Waals surface area contributed by atoms with Gasteiger partial charge in [0.25, 0.3) is 5.91 Å². The Bertz CT molecular complexity index is 520. The Kier molecular flexibility index (Phi) is 4.66. The second kappa shape index (κ2) is 6.29. The van der Waals surface area contributed by atoms with E-state index in [0.29, 0.717) is 24.6 Å². The molecule has 1 heterocycles. The zero-order chi connectivity index (χ0) is 15.6. The molecule has 1 saturated heterocycles. The molecule has 1 aromatic rings. The van der Waals surface area contributed by atoms with Gasteiger partial charge in [-0.05, 0) is 29.5 Å².